The first kappa shape index (κ1) is 16.1. The van der Waals surface area contributed by atoms with Crippen LogP contribution in [0.1, 0.15) is 57.9 Å². The lowest BCUT2D eigenvalue weighted by atomic mass is 9.84. The Bertz CT molecular complexity index is 445. The number of benzene rings is 1. The molecule has 1 aliphatic rings. The van der Waals surface area contributed by atoms with Gasteiger partial charge in [-0.15, -0.1) is 0 Å². The molecular weight excluding hydrogens is 289 g/mol. The minimum absolute atomic E-state index is 0.146. The maximum absolute atomic E-state index is 6.20. The van der Waals surface area contributed by atoms with Gasteiger partial charge in [-0.2, -0.15) is 0 Å². The zero-order chi connectivity index (χ0) is 14.8. The lowest BCUT2D eigenvalue weighted by Gasteiger charge is -2.29. The van der Waals surface area contributed by atoms with Crippen molar-refractivity contribution in [3.63, 3.8) is 0 Å². The van der Waals surface area contributed by atoms with E-state index in [-0.39, 0.29) is 5.54 Å². The molecule has 1 unspecified atom stereocenters. The Kier molecular flexibility index (Phi) is 5.39. The van der Waals surface area contributed by atoms with E-state index in [0.29, 0.717) is 16.0 Å². The van der Waals surface area contributed by atoms with Crippen molar-refractivity contribution in [1.29, 1.82) is 0 Å². The molecule has 0 spiro atoms. The lowest BCUT2D eigenvalue weighted by molar-refractivity contribution is 0.351. The summed E-state index contributed by atoms with van der Waals surface area (Å²) in [5, 5.41) is 4.97. The highest BCUT2D eigenvalue weighted by atomic mass is 35.5. The molecule has 20 heavy (non-hydrogen) atoms. The third kappa shape index (κ3) is 4.38. The van der Waals surface area contributed by atoms with Crippen LogP contribution in [0.15, 0.2) is 18.2 Å². The van der Waals surface area contributed by atoms with Gasteiger partial charge in [-0.25, -0.2) is 0 Å². The Labute approximate surface area is 133 Å². The molecule has 3 heteroatoms. The van der Waals surface area contributed by atoms with E-state index in [0.717, 1.165) is 12.5 Å². The van der Waals surface area contributed by atoms with E-state index in [1.165, 1.54) is 31.2 Å². The SMILES string of the molecule is CC(C)(C)NCC(c1ccc(Cl)c(Cl)c1)C1CCCC1. The number of hydrogen-bond acceptors (Lipinski definition) is 1. The monoisotopic (exact) mass is 313 g/mol. The Hall–Kier alpha value is -0.240. The van der Waals surface area contributed by atoms with Crippen LogP contribution in [0.3, 0.4) is 0 Å². The Balaban J connectivity index is 2.18. The third-order valence-electron chi connectivity index (χ3n) is 4.19. The smallest absolute Gasteiger partial charge is 0.0595 e. The van der Waals surface area contributed by atoms with Crippen LogP contribution in [0.5, 0.6) is 0 Å². The van der Waals surface area contributed by atoms with Crippen molar-refractivity contribution in [2.45, 2.75) is 57.9 Å². The molecule has 1 nitrogen and oxygen atoms in total. The first-order chi connectivity index (χ1) is 9.37. The second kappa shape index (κ2) is 6.68. The number of hydrogen-bond donors (Lipinski definition) is 1. The van der Waals surface area contributed by atoms with Crippen LogP contribution in [-0.4, -0.2) is 12.1 Å². The van der Waals surface area contributed by atoms with Crippen LogP contribution < -0.4 is 5.32 Å². The molecule has 1 fully saturated rings. The molecule has 1 aromatic rings. The fourth-order valence-electron chi connectivity index (χ4n) is 3.08. The van der Waals surface area contributed by atoms with Crippen molar-refractivity contribution < 1.29 is 0 Å². The Morgan fingerprint density at radius 1 is 1.15 bits per heavy atom. The lowest BCUT2D eigenvalue weighted by Crippen LogP contribution is -2.39. The first-order valence-corrected chi connectivity index (χ1v) is 8.32. The van der Waals surface area contributed by atoms with Gasteiger partial charge < -0.3 is 5.32 Å². The van der Waals surface area contributed by atoms with Crippen LogP contribution in [0, 0.1) is 5.92 Å². The van der Waals surface area contributed by atoms with Gasteiger partial charge in [0.1, 0.15) is 0 Å². The van der Waals surface area contributed by atoms with Crippen molar-refractivity contribution in [3.8, 4) is 0 Å². The quantitative estimate of drug-likeness (QED) is 0.756. The molecule has 2 rings (SSSR count). The molecule has 0 amide bonds. The van der Waals surface area contributed by atoms with Gasteiger partial charge in [0.2, 0.25) is 0 Å². The molecule has 1 aromatic carbocycles. The van der Waals surface area contributed by atoms with Gasteiger partial charge in [-0.05, 0) is 63.1 Å². The second-order valence-electron chi connectivity index (χ2n) is 6.96. The summed E-state index contributed by atoms with van der Waals surface area (Å²) in [6.45, 7) is 7.65. The Morgan fingerprint density at radius 3 is 2.35 bits per heavy atom. The molecule has 0 heterocycles. The largest absolute Gasteiger partial charge is 0.311 e. The van der Waals surface area contributed by atoms with Crippen molar-refractivity contribution in [3.05, 3.63) is 33.8 Å². The van der Waals surface area contributed by atoms with E-state index in [2.05, 4.69) is 38.2 Å². The minimum atomic E-state index is 0.146. The van der Waals surface area contributed by atoms with E-state index in [4.69, 9.17) is 23.2 Å². The molecule has 1 saturated carbocycles. The molecule has 0 aliphatic heterocycles. The molecule has 0 bridgehead atoms. The predicted octanol–water partition coefficient (Wildman–Crippen LogP) is 5.66. The van der Waals surface area contributed by atoms with Gasteiger partial charge in [0.25, 0.3) is 0 Å². The number of rotatable bonds is 4. The summed E-state index contributed by atoms with van der Waals surface area (Å²) in [4.78, 5) is 0. The summed E-state index contributed by atoms with van der Waals surface area (Å²) >= 11 is 12.2. The molecular formula is C17H25Cl2N. The highest BCUT2D eigenvalue weighted by molar-refractivity contribution is 6.42. The summed E-state index contributed by atoms with van der Waals surface area (Å²) in [6, 6.07) is 6.12. The predicted molar refractivity (Wildman–Crippen MR) is 88.9 cm³/mol. The summed E-state index contributed by atoms with van der Waals surface area (Å²) < 4.78 is 0. The maximum Gasteiger partial charge on any atom is 0.0595 e. The average molecular weight is 314 g/mol. The molecule has 0 radical (unpaired) electrons. The van der Waals surface area contributed by atoms with Gasteiger partial charge in [-0.3, -0.25) is 0 Å². The van der Waals surface area contributed by atoms with Gasteiger partial charge >= 0.3 is 0 Å². The highest BCUT2D eigenvalue weighted by Crippen LogP contribution is 2.38. The standard InChI is InChI=1S/C17H25Cl2N/c1-17(2,3)20-11-14(12-6-4-5-7-12)13-8-9-15(18)16(19)10-13/h8-10,12,14,20H,4-7,11H2,1-3H3. The summed E-state index contributed by atoms with van der Waals surface area (Å²) in [5.41, 5.74) is 1.47. The maximum atomic E-state index is 6.20. The molecule has 1 atom stereocenters. The summed E-state index contributed by atoms with van der Waals surface area (Å²) in [6.07, 6.45) is 5.38. The summed E-state index contributed by atoms with van der Waals surface area (Å²) in [5.74, 6) is 1.30. The first-order valence-electron chi connectivity index (χ1n) is 7.57. The Morgan fingerprint density at radius 2 is 1.80 bits per heavy atom. The topological polar surface area (TPSA) is 12.0 Å². The normalized spacial score (nSPS) is 18.4. The molecule has 0 aromatic heterocycles. The molecule has 0 saturated heterocycles. The number of nitrogens with one attached hydrogen (secondary N) is 1. The highest BCUT2D eigenvalue weighted by Gasteiger charge is 2.27. The molecule has 1 aliphatic carbocycles. The van der Waals surface area contributed by atoms with E-state index in [1.807, 2.05) is 6.07 Å². The minimum Gasteiger partial charge on any atom is -0.311 e. The zero-order valence-electron chi connectivity index (χ0n) is 12.7. The van der Waals surface area contributed by atoms with Gasteiger partial charge in [0, 0.05) is 12.1 Å². The van der Waals surface area contributed by atoms with Gasteiger partial charge in [0.05, 0.1) is 10.0 Å². The van der Waals surface area contributed by atoms with Crippen LogP contribution in [-0.2, 0) is 0 Å². The third-order valence-corrected chi connectivity index (χ3v) is 4.93. The number of halogens is 2. The van der Waals surface area contributed by atoms with E-state index in [9.17, 15) is 0 Å². The van der Waals surface area contributed by atoms with Crippen LogP contribution in [0.4, 0.5) is 0 Å². The van der Waals surface area contributed by atoms with E-state index < -0.39 is 0 Å². The van der Waals surface area contributed by atoms with Crippen LogP contribution in [0.25, 0.3) is 0 Å². The van der Waals surface area contributed by atoms with Gasteiger partial charge in [-0.1, -0.05) is 42.1 Å². The van der Waals surface area contributed by atoms with Crippen LogP contribution >= 0.6 is 23.2 Å². The fourth-order valence-corrected chi connectivity index (χ4v) is 3.38. The van der Waals surface area contributed by atoms with Gasteiger partial charge in [0.15, 0.2) is 0 Å². The van der Waals surface area contributed by atoms with Crippen molar-refractivity contribution in [1.82, 2.24) is 5.32 Å². The molecule has 112 valence electrons. The second-order valence-corrected chi connectivity index (χ2v) is 7.77. The average Bonchev–Trinajstić information content (AvgIpc) is 2.86. The van der Waals surface area contributed by atoms with Crippen molar-refractivity contribution in [2.24, 2.45) is 5.92 Å². The van der Waals surface area contributed by atoms with Crippen molar-refractivity contribution >= 4 is 23.2 Å². The van der Waals surface area contributed by atoms with E-state index >= 15 is 0 Å². The van der Waals surface area contributed by atoms with Crippen molar-refractivity contribution in [2.75, 3.05) is 6.54 Å². The fraction of sp³-hybridized carbons (Fsp3) is 0.647. The zero-order valence-corrected chi connectivity index (χ0v) is 14.2. The molecule has 1 N–H and O–H groups in total. The van der Waals surface area contributed by atoms with Crippen LogP contribution in [0.2, 0.25) is 10.0 Å². The summed E-state index contributed by atoms with van der Waals surface area (Å²) in [7, 11) is 0. The van der Waals surface area contributed by atoms with E-state index in [1.54, 1.807) is 0 Å².